The van der Waals surface area contributed by atoms with Crippen molar-refractivity contribution in [3.8, 4) is 0 Å². The summed E-state index contributed by atoms with van der Waals surface area (Å²) in [7, 11) is 0. The summed E-state index contributed by atoms with van der Waals surface area (Å²) in [5.41, 5.74) is 2.12. The number of nitrogens with zero attached hydrogens (tertiary/aromatic N) is 1. The van der Waals surface area contributed by atoms with Gasteiger partial charge in [-0.3, -0.25) is 9.69 Å². The van der Waals surface area contributed by atoms with E-state index in [4.69, 9.17) is 4.74 Å². The Hall–Kier alpha value is -3.09. The molecule has 1 atom stereocenters. The van der Waals surface area contributed by atoms with Crippen molar-refractivity contribution in [1.29, 1.82) is 0 Å². The van der Waals surface area contributed by atoms with Crippen LogP contribution in [0.1, 0.15) is 29.0 Å². The van der Waals surface area contributed by atoms with Crippen molar-refractivity contribution in [2.24, 2.45) is 0 Å². The van der Waals surface area contributed by atoms with E-state index in [0.29, 0.717) is 11.3 Å². The number of hydrogen-bond donors (Lipinski definition) is 0. The second-order valence-corrected chi connectivity index (χ2v) is 6.88. The molecule has 0 bridgehead atoms. The van der Waals surface area contributed by atoms with Gasteiger partial charge in [0.2, 0.25) is 5.91 Å². The first kappa shape index (κ1) is 18.3. The molecule has 0 spiro atoms. The fourth-order valence-electron chi connectivity index (χ4n) is 3.72. The molecule has 2 aromatic carbocycles. The summed E-state index contributed by atoms with van der Waals surface area (Å²) < 4.78 is 43.6. The zero-order chi connectivity index (χ0) is 20.1. The van der Waals surface area contributed by atoms with E-state index in [-0.39, 0.29) is 24.6 Å². The van der Waals surface area contributed by atoms with Gasteiger partial charge in [0, 0.05) is 18.0 Å². The molecule has 0 N–H and O–H groups in total. The Kier molecular flexibility index (Phi) is 4.25. The Morgan fingerprint density at radius 1 is 1.07 bits per heavy atom. The Morgan fingerprint density at radius 2 is 1.79 bits per heavy atom. The number of halogens is 3. The average molecular weight is 387 g/mol. The van der Waals surface area contributed by atoms with Gasteiger partial charge in [0.15, 0.2) is 0 Å². The highest BCUT2D eigenvalue weighted by molar-refractivity contribution is 6.06. The van der Waals surface area contributed by atoms with E-state index in [1.807, 2.05) is 31.2 Å². The standard InChI is InChI=1S/C21H16F3NO3/c1-12-3-2-4-13(9-12)16-10-18(26)25(17-11-28-20(27)19(16)17)15-7-5-14(6-8-15)21(22,23)24/h2-9,16H,10-11H2,1H3. The number of anilines is 1. The molecule has 2 heterocycles. The Bertz CT molecular complexity index is 993. The third-order valence-corrected chi connectivity index (χ3v) is 5.01. The van der Waals surface area contributed by atoms with Gasteiger partial charge in [0.25, 0.3) is 0 Å². The molecule has 7 heteroatoms. The summed E-state index contributed by atoms with van der Waals surface area (Å²) in [4.78, 5) is 26.6. The van der Waals surface area contributed by atoms with Crippen LogP contribution < -0.4 is 4.90 Å². The van der Waals surface area contributed by atoms with Crippen molar-refractivity contribution in [3.63, 3.8) is 0 Å². The maximum atomic E-state index is 12.9. The zero-order valence-corrected chi connectivity index (χ0v) is 14.9. The van der Waals surface area contributed by atoms with Gasteiger partial charge in [0.1, 0.15) is 6.61 Å². The van der Waals surface area contributed by atoms with Crippen molar-refractivity contribution in [2.75, 3.05) is 11.5 Å². The lowest BCUT2D eigenvalue weighted by molar-refractivity contribution is -0.138. The number of benzene rings is 2. The molecule has 1 unspecified atom stereocenters. The van der Waals surface area contributed by atoms with Crippen molar-refractivity contribution in [1.82, 2.24) is 0 Å². The van der Waals surface area contributed by atoms with Crippen LogP contribution in [0, 0.1) is 6.92 Å². The summed E-state index contributed by atoms with van der Waals surface area (Å²) in [6, 6.07) is 11.9. The molecule has 2 aliphatic heterocycles. The number of hydrogen-bond acceptors (Lipinski definition) is 3. The second-order valence-electron chi connectivity index (χ2n) is 6.88. The molecule has 2 aliphatic rings. The van der Waals surface area contributed by atoms with Gasteiger partial charge >= 0.3 is 12.1 Å². The maximum Gasteiger partial charge on any atom is 0.416 e. The molecule has 0 radical (unpaired) electrons. The van der Waals surface area contributed by atoms with Gasteiger partial charge in [-0.15, -0.1) is 0 Å². The highest BCUT2D eigenvalue weighted by Crippen LogP contribution is 2.42. The smallest absolute Gasteiger partial charge is 0.416 e. The quantitative estimate of drug-likeness (QED) is 0.720. The van der Waals surface area contributed by atoms with E-state index in [1.54, 1.807) is 0 Å². The lowest BCUT2D eigenvalue weighted by Gasteiger charge is -2.32. The second kappa shape index (κ2) is 6.51. The number of carbonyl (C=O) groups is 2. The molecular weight excluding hydrogens is 371 g/mol. The van der Waals surface area contributed by atoms with Gasteiger partial charge in [-0.2, -0.15) is 13.2 Å². The molecule has 2 aromatic rings. The molecule has 144 valence electrons. The van der Waals surface area contributed by atoms with E-state index in [2.05, 4.69) is 0 Å². The Morgan fingerprint density at radius 3 is 2.43 bits per heavy atom. The topological polar surface area (TPSA) is 46.6 Å². The van der Waals surface area contributed by atoms with E-state index >= 15 is 0 Å². The lowest BCUT2D eigenvalue weighted by atomic mass is 9.83. The largest absolute Gasteiger partial charge is 0.456 e. The zero-order valence-electron chi connectivity index (χ0n) is 14.9. The minimum Gasteiger partial charge on any atom is -0.456 e. The molecular formula is C21H16F3NO3. The minimum absolute atomic E-state index is 0.0401. The number of aryl methyl sites for hydroxylation is 1. The first-order valence-electron chi connectivity index (χ1n) is 8.72. The van der Waals surface area contributed by atoms with Crippen LogP contribution in [-0.4, -0.2) is 18.5 Å². The van der Waals surface area contributed by atoms with Crippen LogP contribution in [0.15, 0.2) is 59.8 Å². The van der Waals surface area contributed by atoms with Crippen LogP contribution in [0.4, 0.5) is 18.9 Å². The average Bonchev–Trinajstić information content (AvgIpc) is 3.02. The first-order chi connectivity index (χ1) is 13.3. The summed E-state index contributed by atoms with van der Waals surface area (Å²) in [5, 5.41) is 0. The predicted molar refractivity (Wildman–Crippen MR) is 95.5 cm³/mol. The van der Waals surface area contributed by atoms with Gasteiger partial charge < -0.3 is 4.74 Å². The van der Waals surface area contributed by atoms with E-state index in [1.165, 1.54) is 17.0 Å². The van der Waals surface area contributed by atoms with Crippen molar-refractivity contribution < 1.29 is 27.5 Å². The van der Waals surface area contributed by atoms with Crippen LogP contribution in [0.25, 0.3) is 0 Å². The number of esters is 1. The van der Waals surface area contributed by atoms with Crippen molar-refractivity contribution in [3.05, 3.63) is 76.5 Å². The number of ether oxygens (including phenoxy) is 1. The molecule has 0 saturated heterocycles. The molecule has 0 fully saturated rings. The third kappa shape index (κ3) is 3.06. The maximum absolute atomic E-state index is 12.9. The monoisotopic (exact) mass is 387 g/mol. The fraction of sp³-hybridized carbons (Fsp3) is 0.238. The van der Waals surface area contributed by atoms with E-state index < -0.39 is 23.6 Å². The third-order valence-electron chi connectivity index (χ3n) is 5.01. The van der Waals surface area contributed by atoms with Crippen molar-refractivity contribution in [2.45, 2.75) is 25.4 Å². The molecule has 1 amide bonds. The first-order valence-corrected chi connectivity index (χ1v) is 8.72. The summed E-state index contributed by atoms with van der Waals surface area (Å²) >= 11 is 0. The highest BCUT2D eigenvalue weighted by Gasteiger charge is 2.43. The van der Waals surface area contributed by atoms with Crippen LogP contribution in [0.5, 0.6) is 0 Å². The van der Waals surface area contributed by atoms with Gasteiger partial charge in [-0.25, -0.2) is 4.79 Å². The molecule has 0 saturated carbocycles. The molecule has 0 aliphatic carbocycles. The SMILES string of the molecule is Cc1cccc(C2CC(=O)N(c3ccc(C(F)(F)F)cc3)C3=C2C(=O)OC3)c1. The minimum atomic E-state index is -4.46. The number of amides is 1. The molecule has 4 rings (SSSR count). The highest BCUT2D eigenvalue weighted by atomic mass is 19.4. The predicted octanol–water partition coefficient (Wildman–Crippen LogP) is 4.35. The number of rotatable bonds is 2. The van der Waals surface area contributed by atoms with Crippen LogP contribution in [0.3, 0.4) is 0 Å². The molecule has 4 nitrogen and oxygen atoms in total. The summed E-state index contributed by atoms with van der Waals surface area (Å²) in [5.74, 6) is -1.21. The fourth-order valence-corrected chi connectivity index (χ4v) is 3.72. The van der Waals surface area contributed by atoms with Crippen molar-refractivity contribution >= 4 is 17.6 Å². The number of alkyl halides is 3. The Balaban J connectivity index is 1.77. The van der Waals surface area contributed by atoms with E-state index in [0.717, 1.165) is 23.3 Å². The number of cyclic esters (lactones) is 1. The molecule has 0 aromatic heterocycles. The van der Waals surface area contributed by atoms with Gasteiger partial charge in [-0.1, -0.05) is 29.8 Å². The number of carbonyl (C=O) groups excluding carboxylic acids is 2. The van der Waals surface area contributed by atoms with E-state index in [9.17, 15) is 22.8 Å². The normalized spacial score (nSPS) is 19.7. The summed E-state index contributed by atoms with van der Waals surface area (Å²) in [6.45, 7) is 1.84. The van der Waals surface area contributed by atoms with Crippen LogP contribution in [-0.2, 0) is 20.5 Å². The molecule has 28 heavy (non-hydrogen) atoms. The van der Waals surface area contributed by atoms with Gasteiger partial charge in [-0.05, 0) is 36.8 Å². The van der Waals surface area contributed by atoms with Crippen LogP contribution >= 0.6 is 0 Å². The lowest BCUT2D eigenvalue weighted by Crippen LogP contribution is -2.37. The Labute approximate surface area is 159 Å². The van der Waals surface area contributed by atoms with Gasteiger partial charge in [0.05, 0.1) is 16.8 Å². The summed E-state index contributed by atoms with van der Waals surface area (Å²) in [6.07, 6.45) is -4.42. The van der Waals surface area contributed by atoms with Crippen LogP contribution in [0.2, 0.25) is 0 Å².